The number of nitrogens with one attached hydrogen (secondary N) is 2. The first kappa shape index (κ1) is 13.9. The van der Waals surface area contributed by atoms with Gasteiger partial charge in [0.1, 0.15) is 0 Å². The van der Waals surface area contributed by atoms with Crippen molar-refractivity contribution in [3.63, 3.8) is 0 Å². The third-order valence-corrected chi connectivity index (χ3v) is 4.18. The van der Waals surface area contributed by atoms with E-state index in [0.29, 0.717) is 17.6 Å². The van der Waals surface area contributed by atoms with E-state index in [2.05, 4.69) is 29.4 Å². The van der Waals surface area contributed by atoms with E-state index in [4.69, 9.17) is 4.74 Å². The minimum Gasteiger partial charge on any atom is -0.407 e. The van der Waals surface area contributed by atoms with E-state index in [1.54, 1.807) is 6.20 Å². The highest BCUT2D eigenvalue weighted by Crippen LogP contribution is 2.31. The Hall–Kier alpha value is -1.52. The summed E-state index contributed by atoms with van der Waals surface area (Å²) < 4.78 is 5.18. The lowest BCUT2D eigenvalue weighted by atomic mass is 9.76. The molecule has 3 atom stereocenters. The van der Waals surface area contributed by atoms with Crippen LogP contribution in [0.15, 0.2) is 12.4 Å². The highest BCUT2D eigenvalue weighted by atomic mass is 16.6. The molecular weight excluding hydrogens is 242 g/mol. The van der Waals surface area contributed by atoms with Crippen molar-refractivity contribution in [3.8, 4) is 5.75 Å². The lowest BCUT2D eigenvalue weighted by Crippen LogP contribution is -2.45. The molecule has 1 amide bonds. The molecule has 0 aromatic carbocycles. The molecule has 1 saturated carbocycles. The Morgan fingerprint density at radius 2 is 2.37 bits per heavy atom. The fourth-order valence-corrected chi connectivity index (χ4v) is 2.91. The van der Waals surface area contributed by atoms with E-state index in [1.807, 2.05) is 0 Å². The summed E-state index contributed by atoms with van der Waals surface area (Å²) in [5.41, 5.74) is 0. The molecule has 3 unspecified atom stereocenters. The van der Waals surface area contributed by atoms with E-state index >= 15 is 0 Å². The number of nitrogens with zero attached hydrogens (tertiary/aromatic N) is 1. The highest BCUT2D eigenvalue weighted by molar-refractivity contribution is 5.70. The van der Waals surface area contributed by atoms with Gasteiger partial charge in [-0.3, -0.25) is 5.10 Å². The zero-order chi connectivity index (χ0) is 13.7. The summed E-state index contributed by atoms with van der Waals surface area (Å²) in [6.07, 6.45) is 8.54. The van der Waals surface area contributed by atoms with Crippen LogP contribution in [0.2, 0.25) is 0 Å². The molecule has 5 nitrogen and oxygen atoms in total. The molecule has 2 rings (SSSR count). The summed E-state index contributed by atoms with van der Waals surface area (Å²) in [6, 6.07) is 0.239. The Kier molecular flexibility index (Phi) is 4.82. The molecule has 0 bridgehead atoms. The fourth-order valence-electron chi connectivity index (χ4n) is 2.91. The van der Waals surface area contributed by atoms with Crippen molar-refractivity contribution in [1.82, 2.24) is 15.5 Å². The van der Waals surface area contributed by atoms with Crippen molar-refractivity contribution >= 4 is 6.09 Å². The Morgan fingerprint density at radius 1 is 1.58 bits per heavy atom. The molecular formula is C14H23N3O2. The van der Waals surface area contributed by atoms with E-state index in [1.165, 1.54) is 25.5 Å². The fraction of sp³-hybridized carbons (Fsp3) is 0.714. The number of carbonyl (C=O) groups is 1. The van der Waals surface area contributed by atoms with Crippen molar-refractivity contribution in [2.45, 2.75) is 52.0 Å². The zero-order valence-corrected chi connectivity index (χ0v) is 11.7. The van der Waals surface area contributed by atoms with Crippen LogP contribution in [-0.4, -0.2) is 22.3 Å². The molecule has 0 aliphatic heterocycles. The number of aromatic nitrogens is 2. The molecule has 0 saturated heterocycles. The molecule has 0 radical (unpaired) electrons. The molecule has 106 valence electrons. The number of rotatable bonds is 4. The first-order valence-corrected chi connectivity index (χ1v) is 7.17. The van der Waals surface area contributed by atoms with Gasteiger partial charge in [0.05, 0.1) is 12.4 Å². The smallest absolute Gasteiger partial charge is 0.407 e. The van der Waals surface area contributed by atoms with Crippen LogP contribution >= 0.6 is 0 Å². The molecule has 1 aliphatic carbocycles. The molecule has 5 heteroatoms. The Morgan fingerprint density at radius 3 is 3.05 bits per heavy atom. The van der Waals surface area contributed by atoms with Crippen LogP contribution in [0.5, 0.6) is 5.75 Å². The van der Waals surface area contributed by atoms with E-state index in [0.717, 1.165) is 12.8 Å². The standard InChI is InChI=1S/C14H23N3O2/c1-3-10(2)12-6-4-5-7-13(12)17-14(18)19-11-8-15-16-9-11/h8-10,12-13H,3-7H2,1-2H3,(H,15,16)(H,17,18). The van der Waals surface area contributed by atoms with Gasteiger partial charge in [0.2, 0.25) is 0 Å². The molecule has 1 heterocycles. The van der Waals surface area contributed by atoms with Gasteiger partial charge in [-0.15, -0.1) is 0 Å². The van der Waals surface area contributed by atoms with Crippen LogP contribution in [0.4, 0.5) is 4.79 Å². The van der Waals surface area contributed by atoms with Crippen molar-refractivity contribution in [1.29, 1.82) is 0 Å². The largest absolute Gasteiger partial charge is 0.412 e. The lowest BCUT2D eigenvalue weighted by molar-refractivity contribution is 0.162. The summed E-state index contributed by atoms with van der Waals surface area (Å²) in [5.74, 6) is 1.66. The molecule has 1 aromatic rings. The monoisotopic (exact) mass is 265 g/mol. The third kappa shape index (κ3) is 3.72. The van der Waals surface area contributed by atoms with Gasteiger partial charge in [-0.2, -0.15) is 5.10 Å². The van der Waals surface area contributed by atoms with Crippen molar-refractivity contribution in [3.05, 3.63) is 12.4 Å². The number of amides is 1. The number of aromatic amines is 1. The zero-order valence-electron chi connectivity index (χ0n) is 11.7. The summed E-state index contributed by atoms with van der Waals surface area (Å²) in [5, 5.41) is 9.39. The van der Waals surface area contributed by atoms with Gasteiger partial charge in [-0.1, -0.05) is 33.1 Å². The van der Waals surface area contributed by atoms with Crippen LogP contribution < -0.4 is 10.1 Å². The SMILES string of the molecule is CCC(C)C1CCCCC1NC(=O)Oc1cn[nH]c1. The first-order chi connectivity index (χ1) is 9.20. The van der Waals surface area contributed by atoms with E-state index in [-0.39, 0.29) is 12.1 Å². The molecule has 1 aliphatic rings. The quantitative estimate of drug-likeness (QED) is 0.879. The summed E-state index contributed by atoms with van der Waals surface area (Å²) in [6.45, 7) is 4.48. The molecule has 19 heavy (non-hydrogen) atoms. The number of ether oxygens (including phenoxy) is 1. The van der Waals surface area contributed by atoms with Crippen LogP contribution in [0.3, 0.4) is 0 Å². The van der Waals surface area contributed by atoms with Gasteiger partial charge < -0.3 is 10.1 Å². The van der Waals surface area contributed by atoms with Gasteiger partial charge in [0, 0.05) is 6.04 Å². The van der Waals surface area contributed by atoms with Crippen molar-refractivity contribution in [2.75, 3.05) is 0 Å². The maximum Gasteiger partial charge on any atom is 0.412 e. The second kappa shape index (κ2) is 6.59. The third-order valence-electron chi connectivity index (χ3n) is 4.18. The molecule has 0 spiro atoms. The second-order valence-corrected chi connectivity index (χ2v) is 5.41. The maximum atomic E-state index is 11.9. The summed E-state index contributed by atoms with van der Waals surface area (Å²) in [4.78, 5) is 11.9. The van der Waals surface area contributed by atoms with Gasteiger partial charge >= 0.3 is 6.09 Å². The predicted molar refractivity (Wildman–Crippen MR) is 72.9 cm³/mol. The van der Waals surface area contributed by atoms with Gasteiger partial charge in [0.15, 0.2) is 5.75 Å². The average molecular weight is 265 g/mol. The molecule has 1 aromatic heterocycles. The lowest BCUT2D eigenvalue weighted by Gasteiger charge is -2.35. The van der Waals surface area contributed by atoms with Crippen LogP contribution in [0.1, 0.15) is 46.0 Å². The van der Waals surface area contributed by atoms with Crippen LogP contribution in [-0.2, 0) is 0 Å². The van der Waals surface area contributed by atoms with Crippen LogP contribution in [0, 0.1) is 11.8 Å². The molecule has 2 N–H and O–H groups in total. The predicted octanol–water partition coefficient (Wildman–Crippen LogP) is 3.10. The number of H-pyrrole nitrogens is 1. The topological polar surface area (TPSA) is 67.0 Å². The van der Waals surface area contributed by atoms with Gasteiger partial charge in [-0.25, -0.2) is 4.79 Å². The Bertz CT molecular complexity index is 391. The number of carbonyl (C=O) groups excluding carboxylic acids is 1. The van der Waals surface area contributed by atoms with Crippen molar-refractivity contribution in [2.24, 2.45) is 11.8 Å². The molecule has 1 fully saturated rings. The Labute approximate surface area is 114 Å². The normalized spacial score (nSPS) is 24.7. The van der Waals surface area contributed by atoms with Gasteiger partial charge in [-0.05, 0) is 24.7 Å². The minimum atomic E-state index is -0.374. The number of hydrogen-bond donors (Lipinski definition) is 2. The van der Waals surface area contributed by atoms with Gasteiger partial charge in [0.25, 0.3) is 0 Å². The van der Waals surface area contributed by atoms with Crippen LogP contribution in [0.25, 0.3) is 0 Å². The summed E-state index contributed by atoms with van der Waals surface area (Å²) in [7, 11) is 0. The highest BCUT2D eigenvalue weighted by Gasteiger charge is 2.30. The first-order valence-electron chi connectivity index (χ1n) is 7.17. The second-order valence-electron chi connectivity index (χ2n) is 5.41. The van der Waals surface area contributed by atoms with Crippen molar-refractivity contribution < 1.29 is 9.53 Å². The van der Waals surface area contributed by atoms with E-state index in [9.17, 15) is 4.79 Å². The number of hydrogen-bond acceptors (Lipinski definition) is 3. The Balaban J connectivity index is 1.90. The summed E-state index contributed by atoms with van der Waals surface area (Å²) >= 11 is 0. The minimum absolute atomic E-state index is 0.239. The average Bonchev–Trinajstić information content (AvgIpc) is 2.91. The maximum absolute atomic E-state index is 11.9. The van der Waals surface area contributed by atoms with E-state index < -0.39 is 0 Å².